The van der Waals surface area contributed by atoms with Gasteiger partial charge in [0.2, 0.25) is 0 Å². The molecule has 22 heavy (non-hydrogen) atoms. The molecule has 0 aliphatic carbocycles. The summed E-state index contributed by atoms with van der Waals surface area (Å²) in [5, 5.41) is 9.79. The summed E-state index contributed by atoms with van der Waals surface area (Å²) in [6, 6.07) is 16.0. The fourth-order valence-electron chi connectivity index (χ4n) is 1.89. The summed E-state index contributed by atoms with van der Waals surface area (Å²) >= 11 is 5.78. The van der Waals surface area contributed by atoms with E-state index >= 15 is 0 Å². The Labute approximate surface area is 134 Å². The monoisotopic (exact) mass is 320 g/mol. The Morgan fingerprint density at radius 3 is 2.36 bits per heavy atom. The highest BCUT2D eigenvalue weighted by Gasteiger charge is 2.19. The summed E-state index contributed by atoms with van der Waals surface area (Å²) in [7, 11) is 0. The molecule has 2 aromatic carbocycles. The second-order valence-electron chi connectivity index (χ2n) is 4.70. The van der Waals surface area contributed by atoms with Crippen molar-refractivity contribution in [2.75, 3.05) is 6.61 Å². The molecule has 4 nitrogen and oxygen atoms in total. The second kappa shape index (κ2) is 8.29. The predicted octanol–water partition coefficient (Wildman–Crippen LogP) is 4.03. The SMILES string of the molecule is O=C(O)C(CCCOc1ccccc1)Oc1ccc(Cl)cc1. The molecule has 1 unspecified atom stereocenters. The van der Waals surface area contributed by atoms with Crippen molar-refractivity contribution in [1.29, 1.82) is 0 Å². The van der Waals surface area contributed by atoms with Crippen LogP contribution in [0.4, 0.5) is 0 Å². The Balaban J connectivity index is 1.79. The first-order valence-electron chi connectivity index (χ1n) is 6.98. The molecule has 0 amide bonds. The van der Waals surface area contributed by atoms with Gasteiger partial charge in [0.25, 0.3) is 0 Å². The van der Waals surface area contributed by atoms with Gasteiger partial charge in [0.05, 0.1) is 6.61 Å². The fourth-order valence-corrected chi connectivity index (χ4v) is 2.01. The first-order chi connectivity index (χ1) is 10.6. The van der Waals surface area contributed by atoms with Crippen molar-refractivity contribution in [2.24, 2.45) is 0 Å². The quantitative estimate of drug-likeness (QED) is 0.746. The van der Waals surface area contributed by atoms with E-state index in [2.05, 4.69) is 0 Å². The molecule has 0 radical (unpaired) electrons. The lowest BCUT2D eigenvalue weighted by Gasteiger charge is -2.15. The first kappa shape index (κ1) is 16.2. The van der Waals surface area contributed by atoms with E-state index < -0.39 is 12.1 Å². The van der Waals surface area contributed by atoms with E-state index in [9.17, 15) is 9.90 Å². The number of benzene rings is 2. The fraction of sp³-hybridized carbons (Fsp3) is 0.235. The maximum absolute atomic E-state index is 11.2. The topological polar surface area (TPSA) is 55.8 Å². The zero-order valence-electron chi connectivity index (χ0n) is 11.9. The van der Waals surface area contributed by atoms with Gasteiger partial charge in [0.1, 0.15) is 11.5 Å². The average Bonchev–Trinajstić information content (AvgIpc) is 2.53. The molecular weight excluding hydrogens is 304 g/mol. The molecule has 0 aromatic heterocycles. The van der Waals surface area contributed by atoms with Gasteiger partial charge >= 0.3 is 5.97 Å². The number of carboxylic acids is 1. The minimum absolute atomic E-state index is 0.366. The number of aliphatic carboxylic acids is 1. The van der Waals surface area contributed by atoms with Crippen molar-refractivity contribution < 1.29 is 19.4 Å². The van der Waals surface area contributed by atoms with Crippen molar-refractivity contribution in [1.82, 2.24) is 0 Å². The van der Waals surface area contributed by atoms with Gasteiger partial charge in [-0.05, 0) is 49.2 Å². The predicted molar refractivity (Wildman–Crippen MR) is 84.7 cm³/mol. The standard InChI is InChI=1S/C17H17ClO4/c18-13-8-10-15(11-9-13)22-16(17(19)20)7-4-12-21-14-5-2-1-3-6-14/h1-3,5-6,8-11,16H,4,7,12H2,(H,19,20). The third kappa shape index (κ3) is 5.30. The van der Waals surface area contributed by atoms with Crippen LogP contribution in [0.3, 0.4) is 0 Å². The lowest BCUT2D eigenvalue weighted by Crippen LogP contribution is -2.27. The Bertz CT molecular complexity index is 583. The smallest absolute Gasteiger partial charge is 0.344 e. The number of ether oxygens (including phenoxy) is 2. The average molecular weight is 321 g/mol. The van der Waals surface area contributed by atoms with E-state index in [0.717, 1.165) is 5.75 Å². The van der Waals surface area contributed by atoms with Gasteiger partial charge in [-0.1, -0.05) is 29.8 Å². The van der Waals surface area contributed by atoms with Crippen molar-refractivity contribution in [2.45, 2.75) is 18.9 Å². The molecule has 1 N–H and O–H groups in total. The highest BCUT2D eigenvalue weighted by molar-refractivity contribution is 6.30. The molecule has 116 valence electrons. The van der Waals surface area contributed by atoms with Crippen molar-refractivity contribution in [3.05, 3.63) is 59.6 Å². The van der Waals surface area contributed by atoms with Gasteiger partial charge in [-0.25, -0.2) is 4.79 Å². The molecule has 0 aliphatic rings. The summed E-state index contributed by atoms with van der Waals surface area (Å²) in [6.45, 7) is 0.442. The largest absolute Gasteiger partial charge is 0.494 e. The number of carbonyl (C=O) groups is 1. The van der Waals surface area contributed by atoms with Crippen molar-refractivity contribution >= 4 is 17.6 Å². The van der Waals surface area contributed by atoms with Gasteiger partial charge in [0.15, 0.2) is 6.10 Å². The van der Waals surface area contributed by atoms with Crippen LogP contribution >= 0.6 is 11.6 Å². The minimum Gasteiger partial charge on any atom is -0.494 e. The van der Waals surface area contributed by atoms with Crippen LogP contribution in [-0.4, -0.2) is 23.8 Å². The normalized spacial score (nSPS) is 11.7. The molecule has 0 saturated heterocycles. The van der Waals surface area contributed by atoms with E-state index in [1.807, 2.05) is 30.3 Å². The molecule has 0 spiro atoms. The summed E-state index contributed by atoms with van der Waals surface area (Å²) in [5.41, 5.74) is 0. The summed E-state index contributed by atoms with van der Waals surface area (Å²) < 4.78 is 11.0. The van der Waals surface area contributed by atoms with E-state index in [1.54, 1.807) is 24.3 Å². The van der Waals surface area contributed by atoms with Crippen LogP contribution in [0.5, 0.6) is 11.5 Å². The number of hydrogen-bond acceptors (Lipinski definition) is 3. The number of hydrogen-bond donors (Lipinski definition) is 1. The Kier molecular flexibility index (Phi) is 6.10. The Morgan fingerprint density at radius 2 is 1.73 bits per heavy atom. The van der Waals surface area contributed by atoms with Gasteiger partial charge < -0.3 is 14.6 Å². The maximum Gasteiger partial charge on any atom is 0.344 e. The van der Waals surface area contributed by atoms with E-state index in [4.69, 9.17) is 21.1 Å². The molecule has 2 rings (SSSR count). The van der Waals surface area contributed by atoms with Crippen LogP contribution in [0, 0.1) is 0 Å². The number of rotatable bonds is 8. The van der Waals surface area contributed by atoms with Gasteiger partial charge in [-0.15, -0.1) is 0 Å². The molecule has 0 saturated carbocycles. The minimum atomic E-state index is -0.991. The highest BCUT2D eigenvalue weighted by Crippen LogP contribution is 2.18. The molecule has 0 heterocycles. The van der Waals surface area contributed by atoms with Crippen LogP contribution in [0.15, 0.2) is 54.6 Å². The van der Waals surface area contributed by atoms with Gasteiger partial charge in [0, 0.05) is 5.02 Å². The molecule has 2 aromatic rings. The zero-order chi connectivity index (χ0) is 15.8. The second-order valence-corrected chi connectivity index (χ2v) is 5.14. The first-order valence-corrected chi connectivity index (χ1v) is 7.36. The molecule has 0 fully saturated rings. The van der Waals surface area contributed by atoms with Crippen LogP contribution < -0.4 is 9.47 Å². The lowest BCUT2D eigenvalue weighted by atomic mass is 10.2. The molecule has 0 bridgehead atoms. The van der Waals surface area contributed by atoms with E-state index in [1.165, 1.54) is 0 Å². The molecule has 0 aliphatic heterocycles. The van der Waals surface area contributed by atoms with E-state index in [0.29, 0.717) is 30.2 Å². The summed E-state index contributed by atoms with van der Waals surface area (Å²) in [6.07, 6.45) is 0.0464. The van der Waals surface area contributed by atoms with Crippen LogP contribution in [-0.2, 0) is 4.79 Å². The molecular formula is C17H17ClO4. The third-order valence-corrected chi connectivity index (χ3v) is 3.24. The number of halogens is 1. The van der Waals surface area contributed by atoms with Gasteiger partial charge in [-0.3, -0.25) is 0 Å². The Hall–Kier alpha value is -2.20. The van der Waals surface area contributed by atoms with E-state index in [-0.39, 0.29) is 0 Å². The van der Waals surface area contributed by atoms with Crippen LogP contribution in [0.1, 0.15) is 12.8 Å². The van der Waals surface area contributed by atoms with Gasteiger partial charge in [-0.2, -0.15) is 0 Å². The maximum atomic E-state index is 11.2. The number of carboxylic acid groups (broad SMARTS) is 1. The molecule has 1 atom stereocenters. The van der Waals surface area contributed by atoms with Crippen LogP contribution in [0.2, 0.25) is 5.02 Å². The summed E-state index contributed by atoms with van der Waals surface area (Å²) in [5.74, 6) is 0.267. The van der Waals surface area contributed by atoms with Crippen LogP contribution in [0.25, 0.3) is 0 Å². The third-order valence-electron chi connectivity index (χ3n) is 2.99. The molecule has 5 heteroatoms. The summed E-state index contributed by atoms with van der Waals surface area (Å²) in [4.78, 5) is 11.2. The highest BCUT2D eigenvalue weighted by atomic mass is 35.5. The lowest BCUT2D eigenvalue weighted by molar-refractivity contribution is -0.145. The zero-order valence-corrected chi connectivity index (χ0v) is 12.7. The number of para-hydroxylation sites is 1. The van der Waals surface area contributed by atoms with Crippen molar-refractivity contribution in [3.8, 4) is 11.5 Å². The Morgan fingerprint density at radius 1 is 1.05 bits per heavy atom. The van der Waals surface area contributed by atoms with Crippen molar-refractivity contribution in [3.63, 3.8) is 0 Å².